The standard InChI is InChI=1S/C18H16FN3O3/c19-11-4-5-12-13(2-1-7-25-16(12)9-11)20-17(23)10-3-6-14-15(8-10)22-18(24)21-14/h3-6,8-9,13H,1-2,7H2,(H,20,23)(H2,21,22,24)/t13-/m1/s1. The second-order valence-corrected chi connectivity index (χ2v) is 6.04. The highest BCUT2D eigenvalue weighted by atomic mass is 19.1. The summed E-state index contributed by atoms with van der Waals surface area (Å²) >= 11 is 0. The average molecular weight is 341 g/mol. The SMILES string of the molecule is O=C(N[C@@H]1CCCOc2cc(F)ccc21)c1ccc2[nH]c(=O)[nH]c2c1. The third-order valence-electron chi connectivity index (χ3n) is 4.33. The van der Waals surface area contributed by atoms with Crippen molar-refractivity contribution >= 4 is 16.9 Å². The van der Waals surface area contributed by atoms with Crippen molar-refractivity contribution in [2.24, 2.45) is 0 Å². The first-order chi connectivity index (χ1) is 12.1. The number of rotatable bonds is 2. The van der Waals surface area contributed by atoms with E-state index in [4.69, 9.17) is 4.74 Å². The number of aromatic amines is 2. The summed E-state index contributed by atoms with van der Waals surface area (Å²) in [4.78, 5) is 29.2. The highest BCUT2D eigenvalue weighted by molar-refractivity contribution is 5.97. The minimum absolute atomic E-state index is 0.258. The van der Waals surface area contributed by atoms with E-state index >= 15 is 0 Å². The highest BCUT2D eigenvalue weighted by Crippen LogP contribution is 2.32. The lowest BCUT2D eigenvalue weighted by atomic mass is 10.0. The zero-order valence-corrected chi connectivity index (χ0v) is 13.3. The van der Waals surface area contributed by atoms with Crippen LogP contribution in [0.1, 0.15) is 34.8 Å². The van der Waals surface area contributed by atoms with E-state index in [9.17, 15) is 14.0 Å². The van der Waals surface area contributed by atoms with E-state index < -0.39 is 0 Å². The molecule has 1 aliphatic rings. The maximum atomic E-state index is 13.4. The molecule has 4 rings (SSSR count). The summed E-state index contributed by atoms with van der Waals surface area (Å²) in [5.41, 5.74) is 2.11. The van der Waals surface area contributed by atoms with Crippen LogP contribution in [0.15, 0.2) is 41.2 Å². The number of amides is 1. The summed E-state index contributed by atoms with van der Waals surface area (Å²) in [6, 6.07) is 9.06. The zero-order chi connectivity index (χ0) is 17.4. The van der Waals surface area contributed by atoms with Crippen molar-refractivity contribution in [3.8, 4) is 5.75 Å². The number of benzene rings is 2. The maximum Gasteiger partial charge on any atom is 0.323 e. The Hall–Kier alpha value is -3.09. The van der Waals surface area contributed by atoms with Crippen molar-refractivity contribution in [3.05, 3.63) is 63.8 Å². The van der Waals surface area contributed by atoms with Crippen LogP contribution < -0.4 is 15.7 Å². The number of fused-ring (bicyclic) bond motifs is 2. The molecule has 3 N–H and O–H groups in total. The fourth-order valence-corrected chi connectivity index (χ4v) is 3.11. The van der Waals surface area contributed by atoms with Gasteiger partial charge in [0.05, 0.1) is 23.7 Å². The Bertz CT molecular complexity index is 1010. The Kier molecular flexibility index (Phi) is 3.76. The summed E-state index contributed by atoms with van der Waals surface area (Å²) in [6.07, 6.45) is 1.46. The first-order valence-electron chi connectivity index (χ1n) is 8.05. The molecular weight excluding hydrogens is 325 g/mol. The number of ether oxygens (including phenoxy) is 1. The molecule has 0 saturated heterocycles. The van der Waals surface area contributed by atoms with Crippen LogP contribution >= 0.6 is 0 Å². The average Bonchev–Trinajstić information content (AvgIpc) is 2.85. The summed E-state index contributed by atoms with van der Waals surface area (Å²) in [5.74, 6) is -0.160. The number of imidazole rings is 1. The molecule has 0 unspecified atom stereocenters. The van der Waals surface area contributed by atoms with E-state index in [0.29, 0.717) is 35.4 Å². The van der Waals surface area contributed by atoms with Crippen LogP contribution in [0.25, 0.3) is 11.0 Å². The molecule has 0 fully saturated rings. The van der Waals surface area contributed by atoms with Crippen molar-refractivity contribution in [2.75, 3.05) is 6.61 Å². The number of hydrogen-bond acceptors (Lipinski definition) is 3. The lowest BCUT2D eigenvalue weighted by Crippen LogP contribution is -2.28. The van der Waals surface area contributed by atoms with E-state index in [1.807, 2.05) is 0 Å². The number of carbonyl (C=O) groups is 1. The predicted octanol–water partition coefficient (Wildman–Crippen LogP) is 2.64. The molecule has 0 bridgehead atoms. The molecule has 7 heteroatoms. The Labute approximate surface area is 142 Å². The van der Waals surface area contributed by atoms with Crippen LogP contribution in [0.4, 0.5) is 4.39 Å². The van der Waals surface area contributed by atoms with Crippen molar-refractivity contribution < 1.29 is 13.9 Å². The van der Waals surface area contributed by atoms with E-state index in [2.05, 4.69) is 15.3 Å². The molecular formula is C18H16FN3O3. The van der Waals surface area contributed by atoms with E-state index in [-0.39, 0.29) is 23.5 Å². The van der Waals surface area contributed by atoms with Gasteiger partial charge in [-0.2, -0.15) is 0 Å². The van der Waals surface area contributed by atoms with Gasteiger partial charge in [0.25, 0.3) is 5.91 Å². The molecule has 128 valence electrons. The molecule has 3 aromatic rings. The lowest BCUT2D eigenvalue weighted by Gasteiger charge is -2.18. The third kappa shape index (κ3) is 3.00. The number of nitrogens with one attached hydrogen (secondary N) is 3. The van der Waals surface area contributed by atoms with Gasteiger partial charge in [0.15, 0.2) is 0 Å². The molecule has 0 saturated carbocycles. The molecule has 1 amide bonds. The third-order valence-corrected chi connectivity index (χ3v) is 4.33. The van der Waals surface area contributed by atoms with Crippen LogP contribution in [-0.4, -0.2) is 22.5 Å². The summed E-state index contributed by atoms with van der Waals surface area (Å²) in [6.45, 7) is 0.485. The van der Waals surface area contributed by atoms with Gasteiger partial charge in [0.1, 0.15) is 11.6 Å². The van der Waals surface area contributed by atoms with Crippen molar-refractivity contribution in [1.29, 1.82) is 0 Å². The van der Waals surface area contributed by atoms with Gasteiger partial charge >= 0.3 is 5.69 Å². The number of hydrogen-bond donors (Lipinski definition) is 3. The summed E-state index contributed by atoms with van der Waals surface area (Å²) < 4.78 is 19.0. The quantitative estimate of drug-likeness (QED) is 0.670. The van der Waals surface area contributed by atoms with Crippen molar-refractivity contribution in [3.63, 3.8) is 0 Å². The number of H-pyrrole nitrogens is 2. The number of halogens is 1. The van der Waals surface area contributed by atoms with Crippen LogP contribution in [0.5, 0.6) is 5.75 Å². The van der Waals surface area contributed by atoms with Gasteiger partial charge in [0, 0.05) is 17.2 Å². The maximum absolute atomic E-state index is 13.4. The van der Waals surface area contributed by atoms with Gasteiger partial charge in [-0.05, 0) is 37.1 Å². The monoisotopic (exact) mass is 341 g/mol. The van der Waals surface area contributed by atoms with Gasteiger partial charge in [-0.3, -0.25) is 4.79 Å². The first-order valence-corrected chi connectivity index (χ1v) is 8.05. The van der Waals surface area contributed by atoms with Gasteiger partial charge < -0.3 is 20.0 Å². The van der Waals surface area contributed by atoms with Crippen LogP contribution in [0, 0.1) is 5.82 Å². The second-order valence-electron chi connectivity index (χ2n) is 6.04. The van der Waals surface area contributed by atoms with Gasteiger partial charge in [-0.25, -0.2) is 9.18 Å². The Morgan fingerprint density at radius 1 is 1.16 bits per heavy atom. The van der Waals surface area contributed by atoms with E-state index in [1.165, 1.54) is 12.1 Å². The fraction of sp³-hybridized carbons (Fsp3) is 0.222. The summed E-state index contributed by atoms with van der Waals surface area (Å²) in [7, 11) is 0. The molecule has 2 aromatic carbocycles. The van der Waals surface area contributed by atoms with Crippen molar-refractivity contribution in [2.45, 2.75) is 18.9 Å². The Balaban J connectivity index is 1.62. The number of carbonyl (C=O) groups excluding carboxylic acids is 1. The summed E-state index contributed by atoms with van der Waals surface area (Å²) in [5, 5.41) is 2.98. The molecule has 0 spiro atoms. The molecule has 2 heterocycles. The normalized spacial score (nSPS) is 16.8. The molecule has 6 nitrogen and oxygen atoms in total. The van der Waals surface area contributed by atoms with E-state index in [0.717, 1.165) is 12.0 Å². The van der Waals surface area contributed by atoms with Crippen LogP contribution in [0.2, 0.25) is 0 Å². The predicted molar refractivity (Wildman–Crippen MR) is 90.3 cm³/mol. The molecule has 1 atom stereocenters. The van der Waals surface area contributed by atoms with Crippen LogP contribution in [0.3, 0.4) is 0 Å². The molecule has 0 aliphatic carbocycles. The van der Waals surface area contributed by atoms with Gasteiger partial charge in [-0.1, -0.05) is 6.07 Å². The largest absolute Gasteiger partial charge is 0.493 e. The fourth-order valence-electron chi connectivity index (χ4n) is 3.11. The van der Waals surface area contributed by atoms with Gasteiger partial charge in [-0.15, -0.1) is 0 Å². The minimum atomic E-state index is -0.368. The smallest absolute Gasteiger partial charge is 0.323 e. The Morgan fingerprint density at radius 2 is 2.00 bits per heavy atom. The molecule has 0 radical (unpaired) electrons. The minimum Gasteiger partial charge on any atom is -0.493 e. The highest BCUT2D eigenvalue weighted by Gasteiger charge is 2.22. The van der Waals surface area contributed by atoms with Gasteiger partial charge in [0.2, 0.25) is 0 Å². The van der Waals surface area contributed by atoms with Crippen LogP contribution in [-0.2, 0) is 0 Å². The van der Waals surface area contributed by atoms with Crippen molar-refractivity contribution in [1.82, 2.24) is 15.3 Å². The molecule has 1 aliphatic heterocycles. The Morgan fingerprint density at radius 3 is 2.88 bits per heavy atom. The molecule has 25 heavy (non-hydrogen) atoms. The topological polar surface area (TPSA) is 87.0 Å². The molecule has 1 aromatic heterocycles. The first kappa shape index (κ1) is 15.4. The lowest BCUT2D eigenvalue weighted by molar-refractivity contribution is 0.0935. The second kappa shape index (κ2) is 6.08. The zero-order valence-electron chi connectivity index (χ0n) is 13.3. The number of aromatic nitrogens is 2. The van der Waals surface area contributed by atoms with E-state index in [1.54, 1.807) is 24.3 Å².